The Morgan fingerprint density at radius 3 is 2.63 bits per heavy atom. The van der Waals surface area contributed by atoms with Crippen LogP contribution in [0.1, 0.15) is 32.6 Å². The molecule has 35 heavy (non-hydrogen) atoms. The van der Waals surface area contributed by atoms with E-state index in [0.29, 0.717) is 43.5 Å². The third kappa shape index (κ3) is 4.93. The zero-order valence-corrected chi connectivity index (χ0v) is 18.9. The first kappa shape index (κ1) is 22.8. The summed E-state index contributed by atoms with van der Waals surface area (Å²) in [6, 6.07) is 8.91. The van der Waals surface area contributed by atoms with Crippen LogP contribution in [0.25, 0.3) is 22.7 Å². The quantitative estimate of drug-likeness (QED) is 0.348. The highest BCUT2D eigenvalue weighted by Gasteiger charge is 2.29. The van der Waals surface area contributed by atoms with E-state index >= 15 is 4.39 Å². The van der Waals surface area contributed by atoms with Gasteiger partial charge in [-0.3, -0.25) is 4.79 Å². The lowest BCUT2D eigenvalue weighted by Gasteiger charge is -2.27. The fourth-order valence-corrected chi connectivity index (χ4v) is 4.10. The van der Waals surface area contributed by atoms with Crippen LogP contribution >= 0.6 is 0 Å². The molecule has 11 heteroatoms. The summed E-state index contributed by atoms with van der Waals surface area (Å²) in [4.78, 5) is 19.1. The van der Waals surface area contributed by atoms with Crippen molar-refractivity contribution in [1.82, 2.24) is 20.2 Å². The van der Waals surface area contributed by atoms with Crippen LogP contribution in [0, 0.1) is 17.6 Å². The van der Waals surface area contributed by atoms with Gasteiger partial charge in [-0.1, -0.05) is 5.10 Å². The summed E-state index contributed by atoms with van der Waals surface area (Å²) >= 11 is 0. The van der Waals surface area contributed by atoms with Crippen LogP contribution < -0.4 is 10.1 Å². The van der Waals surface area contributed by atoms with E-state index in [0.717, 1.165) is 0 Å². The van der Waals surface area contributed by atoms with Crippen LogP contribution in [0.5, 0.6) is 5.75 Å². The topological polar surface area (TPSA) is 115 Å². The Kier molecular flexibility index (Phi) is 6.30. The van der Waals surface area contributed by atoms with E-state index in [9.17, 15) is 9.18 Å². The number of benzene rings is 2. The van der Waals surface area contributed by atoms with E-state index < -0.39 is 5.82 Å². The molecular formula is C24H23F2N5O4. The molecule has 0 aliphatic heterocycles. The predicted octanol–water partition coefficient (Wildman–Crippen LogP) is 5.14. The van der Waals surface area contributed by atoms with Gasteiger partial charge in [0, 0.05) is 5.69 Å². The number of rotatable bonds is 7. The van der Waals surface area contributed by atoms with E-state index in [1.807, 2.05) is 0 Å². The van der Waals surface area contributed by atoms with Crippen LogP contribution in [-0.2, 0) is 9.53 Å². The number of anilines is 2. The standard InChI is InChI=1S/C24H23F2N5O4/c1-2-33-23(32)13-3-9-16(10-4-13)34-18-12-11-17-20(19(18)26)29-21(28-17)22-30-31-24(35-22)27-15-7-5-14(25)6-8-15/h5-8,11-13,16H,2-4,9-10H2,1H3,(H,27,31)(H,28,29)/t13-,16-. The van der Waals surface area contributed by atoms with Crippen molar-refractivity contribution in [2.75, 3.05) is 11.9 Å². The maximum atomic E-state index is 15.2. The number of aromatic nitrogens is 4. The summed E-state index contributed by atoms with van der Waals surface area (Å²) in [7, 11) is 0. The molecule has 0 atom stereocenters. The molecule has 0 spiro atoms. The summed E-state index contributed by atoms with van der Waals surface area (Å²) in [5.74, 6) is -0.876. The number of aromatic amines is 1. The number of hydrogen-bond donors (Lipinski definition) is 2. The Bertz CT molecular complexity index is 1330. The number of carbonyl (C=O) groups is 1. The first-order valence-electron chi connectivity index (χ1n) is 11.4. The highest BCUT2D eigenvalue weighted by atomic mass is 19.1. The van der Waals surface area contributed by atoms with Gasteiger partial charge in [0.05, 0.1) is 24.1 Å². The number of imidazole rings is 1. The van der Waals surface area contributed by atoms with Gasteiger partial charge in [0.25, 0.3) is 5.89 Å². The summed E-state index contributed by atoms with van der Waals surface area (Å²) in [6.07, 6.45) is 2.38. The van der Waals surface area contributed by atoms with Crippen LogP contribution in [-0.4, -0.2) is 38.8 Å². The van der Waals surface area contributed by atoms with E-state index in [1.54, 1.807) is 13.0 Å². The Hall–Kier alpha value is -4.02. The summed E-state index contributed by atoms with van der Waals surface area (Å²) in [5, 5.41) is 10.7. The van der Waals surface area contributed by atoms with E-state index in [4.69, 9.17) is 13.9 Å². The molecule has 2 heterocycles. The lowest BCUT2D eigenvalue weighted by molar-refractivity contribution is -0.149. The molecule has 0 bridgehead atoms. The molecular weight excluding hydrogens is 460 g/mol. The molecule has 0 amide bonds. The number of ether oxygens (including phenoxy) is 2. The largest absolute Gasteiger partial charge is 0.487 e. The van der Waals surface area contributed by atoms with Gasteiger partial charge in [-0.2, -0.15) is 0 Å². The monoisotopic (exact) mass is 483 g/mol. The average molecular weight is 483 g/mol. The Balaban J connectivity index is 1.28. The van der Waals surface area contributed by atoms with Gasteiger partial charge in [-0.05, 0) is 69.0 Å². The van der Waals surface area contributed by atoms with Crippen LogP contribution in [0.2, 0.25) is 0 Å². The Morgan fingerprint density at radius 2 is 1.89 bits per heavy atom. The summed E-state index contributed by atoms with van der Waals surface area (Å²) in [5.41, 5.74) is 1.10. The van der Waals surface area contributed by atoms with Crippen molar-refractivity contribution in [3.8, 4) is 17.5 Å². The van der Waals surface area contributed by atoms with Gasteiger partial charge in [-0.15, -0.1) is 5.10 Å². The minimum Gasteiger partial charge on any atom is -0.487 e. The number of nitrogens with one attached hydrogen (secondary N) is 2. The maximum absolute atomic E-state index is 15.2. The zero-order valence-electron chi connectivity index (χ0n) is 18.9. The average Bonchev–Trinajstić information content (AvgIpc) is 3.50. The number of hydrogen-bond acceptors (Lipinski definition) is 8. The molecule has 0 radical (unpaired) electrons. The molecule has 0 saturated heterocycles. The molecule has 2 aromatic heterocycles. The molecule has 1 aliphatic carbocycles. The van der Waals surface area contributed by atoms with Crippen molar-refractivity contribution in [3.63, 3.8) is 0 Å². The summed E-state index contributed by atoms with van der Waals surface area (Å²) < 4.78 is 44.8. The van der Waals surface area contributed by atoms with Crippen molar-refractivity contribution in [2.45, 2.75) is 38.7 Å². The van der Waals surface area contributed by atoms with Gasteiger partial charge in [-0.25, -0.2) is 13.8 Å². The highest BCUT2D eigenvalue weighted by Crippen LogP contribution is 2.32. The molecule has 2 aromatic carbocycles. The predicted molar refractivity (Wildman–Crippen MR) is 122 cm³/mol. The second kappa shape index (κ2) is 9.69. The number of esters is 1. The van der Waals surface area contributed by atoms with Gasteiger partial charge >= 0.3 is 12.0 Å². The van der Waals surface area contributed by atoms with Crippen molar-refractivity contribution < 1.29 is 27.5 Å². The first-order valence-corrected chi connectivity index (χ1v) is 11.4. The molecule has 1 fully saturated rings. The summed E-state index contributed by atoms with van der Waals surface area (Å²) in [6.45, 7) is 2.15. The molecule has 5 rings (SSSR count). The van der Waals surface area contributed by atoms with Gasteiger partial charge in [0.1, 0.15) is 11.3 Å². The van der Waals surface area contributed by atoms with Gasteiger partial charge < -0.3 is 24.2 Å². The molecule has 1 saturated carbocycles. The molecule has 2 N–H and O–H groups in total. The fourth-order valence-electron chi connectivity index (χ4n) is 4.10. The zero-order chi connectivity index (χ0) is 24.4. The number of fused-ring (bicyclic) bond motifs is 1. The minimum absolute atomic E-state index is 0.0602. The minimum atomic E-state index is -0.571. The number of H-pyrrole nitrogens is 1. The van der Waals surface area contributed by atoms with Crippen LogP contribution in [0.3, 0.4) is 0 Å². The number of halogens is 2. The van der Waals surface area contributed by atoms with E-state index in [2.05, 4.69) is 25.5 Å². The molecule has 1 aliphatic rings. The van der Waals surface area contributed by atoms with E-state index in [1.165, 1.54) is 30.3 Å². The SMILES string of the molecule is CCOC(=O)[C@H]1CC[C@H](Oc2ccc3nc(-c4nnc(Nc5ccc(F)cc5)o4)[nH]c3c2F)CC1. The number of nitrogens with zero attached hydrogens (tertiary/aromatic N) is 3. The Labute approximate surface area is 198 Å². The fraction of sp³-hybridized carbons (Fsp3) is 0.333. The van der Waals surface area contributed by atoms with Crippen molar-refractivity contribution in [2.24, 2.45) is 5.92 Å². The van der Waals surface area contributed by atoms with Crippen molar-refractivity contribution >= 4 is 28.7 Å². The highest BCUT2D eigenvalue weighted by molar-refractivity contribution is 5.80. The van der Waals surface area contributed by atoms with Crippen molar-refractivity contribution in [1.29, 1.82) is 0 Å². The lowest BCUT2D eigenvalue weighted by atomic mass is 9.87. The maximum Gasteiger partial charge on any atom is 0.320 e. The number of carbonyl (C=O) groups excluding carboxylic acids is 1. The smallest absolute Gasteiger partial charge is 0.320 e. The lowest BCUT2D eigenvalue weighted by Crippen LogP contribution is -2.29. The molecule has 4 aromatic rings. The third-order valence-electron chi connectivity index (χ3n) is 5.87. The second-order valence-electron chi connectivity index (χ2n) is 8.25. The van der Waals surface area contributed by atoms with Gasteiger partial charge in [0.15, 0.2) is 17.4 Å². The van der Waals surface area contributed by atoms with E-state index in [-0.39, 0.29) is 52.8 Å². The molecule has 9 nitrogen and oxygen atoms in total. The molecule has 0 unspecified atom stereocenters. The van der Waals surface area contributed by atoms with Crippen LogP contribution in [0.4, 0.5) is 20.5 Å². The molecule has 182 valence electrons. The third-order valence-corrected chi connectivity index (χ3v) is 5.87. The first-order chi connectivity index (χ1) is 17.0. The second-order valence-corrected chi connectivity index (χ2v) is 8.25. The normalized spacial score (nSPS) is 17.9. The van der Waals surface area contributed by atoms with Gasteiger partial charge in [0.2, 0.25) is 0 Å². The Morgan fingerprint density at radius 1 is 1.11 bits per heavy atom. The van der Waals surface area contributed by atoms with Crippen molar-refractivity contribution in [3.05, 3.63) is 48.0 Å². The van der Waals surface area contributed by atoms with Crippen LogP contribution in [0.15, 0.2) is 40.8 Å².